The van der Waals surface area contributed by atoms with Gasteiger partial charge in [-0.1, -0.05) is 57.4 Å². The second-order valence-electron chi connectivity index (χ2n) is 18.2. The number of amides is 3. The third kappa shape index (κ3) is 18.8. The Morgan fingerprint density at radius 2 is 1.22 bits per heavy atom. The van der Waals surface area contributed by atoms with Crippen molar-refractivity contribution in [2.45, 2.75) is 106 Å². The molecule has 0 saturated heterocycles. The number of anilines is 1. The summed E-state index contributed by atoms with van der Waals surface area (Å²) in [6, 6.07) is 7.49. The zero-order chi connectivity index (χ0) is 51.9. The first kappa shape index (κ1) is 67.0. The Morgan fingerprint density at radius 3 is 1.82 bits per heavy atom. The van der Waals surface area contributed by atoms with Crippen LogP contribution in [0.1, 0.15) is 96.6 Å². The van der Waals surface area contributed by atoms with Gasteiger partial charge in [0.25, 0.3) is 11.8 Å². The van der Waals surface area contributed by atoms with Crippen LogP contribution in [-0.4, -0.2) is 122 Å². The average molecular weight is 1120 g/mol. The van der Waals surface area contributed by atoms with E-state index >= 15 is 0 Å². The number of hydrogen-bond acceptors (Lipinski definition) is 16. The molecule has 0 aliphatic carbocycles. The first-order chi connectivity index (χ1) is 32.5. The molecule has 0 unspecified atom stereocenters. The van der Waals surface area contributed by atoms with Crippen molar-refractivity contribution in [3.63, 3.8) is 0 Å². The number of nitrogens with one attached hydrogen (secondary N) is 1. The number of imide groups is 1. The number of allylic oxidation sites excluding steroid dienone is 8. The number of carbonyl (C=O) groups excluding carboxylic acids is 3. The topological polar surface area (TPSA) is 302 Å². The Morgan fingerprint density at radius 1 is 0.658 bits per heavy atom. The van der Waals surface area contributed by atoms with Crippen LogP contribution >= 0.6 is 0 Å². The number of carbonyl (C=O) groups is 3. The summed E-state index contributed by atoms with van der Waals surface area (Å²) in [4.78, 5) is 37.9. The van der Waals surface area contributed by atoms with Gasteiger partial charge in [0.2, 0.25) is 11.6 Å². The van der Waals surface area contributed by atoms with Crippen LogP contribution in [0.5, 0.6) is 0 Å². The predicted octanol–water partition coefficient (Wildman–Crippen LogP) is -4.75. The van der Waals surface area contributed by atoms with E-state index in [-0.39, 0.29) is 126 Å². The Balaban J connectivity index is 0.00000608. The van der Waals surface area contributed by atoms with Crippen molar-refractivity contribution in [3.8, 4) is 0 Å². The quantitative estimate of drug-likeness (QED) is 0.0244. The van der Waals surface area contributed by atoms with Gasteiger partial charge in [-0.3, -0.25) is 19.3 Å². The molecule has 0 fully saturated rings. The standard InChI is InChI=1S/C47H60N4O15S4.3Na/c1-46(2)37-32-35(69(61,62)63)20-22-39(37)49(28-30-67(55,56)57)41(46)17-12-15-34(14-8-7-9-19-43(52)48-26-10-5-6-11-27-51-44(53)24-25-45(51)54)16-13-18-42-47(3,4)38-33-36(70(64,65)66)21-23-40(38)50(42)29-31-68(58,59)60;;;/h12-13,15-18,20-25,32-33H,5-11,14,19,26-31H2,1-4H3,(H4-,48,52,55,56,57,58,59,60,61,62,63,64,65,66);;;/q;3*+1/p-3. The molecule has 382 valence electrons. The smallest absolute Gasteiger partial charge is 0.748 e. The maximum absolute atomic E-state index is 12.6. The normalized spacial score (nSPS) is 17.0. The molecule has 0 saturated carbocycles. The molecule has 0 spiro atoms. The number of fused-ring (bicyclic) bond motifs is 2. The maximum Gasteiger partial charge on any atom is 1.00 e. The van der Waals surface area contributed by atoms with E-state index in [9.17, 15) is 66.3 Å². The molecule has 0 radical (unpaired) electrons. The molecule has 3 amide bonds. The summed E-state index contributed by atoms with van der Waals surface area (Å²) in [5, 5.41) is 2.92. The molecule has 2 aromatic rings. The van der Waals surface area contributed by atoms with Crippen LogP contribution in [0.25, 0.3) is 0 Å². The fraction of sp³-hybridized carbons (Fsp3) is 0.447. The van der Waals surface area contributed by atoms with Crippen molar-refractivity contribution in [1.29, 1.82) is 0 Å². The Bertz CT molecular complexity index is 3020. The molecule has 0 atom stereocenters. The zero-order valence-corrected chi connectivity index (χ0v) is 51.6. The van der Waals surface area contributed by atoms with E-state index in [1.165, 1.54) is 41.3 Å². The molecule has 3 aliphatic rings. The summed E-state index contributed by atoms with van der Waals surface area (Å²) in [5.41, 5.74) is 1.47. The van der Waals surface area contributed by atoms with Gasteiger partial charge >= 0.3 is 88.7 Å². The van der Waals surface area contributed by atoms with Crippen molar-refractivity contribution in [3.05, 3.63) is 107 Å². The van der Waals surface area contributed by atoms with Gasteiger partial charge in [0.1, 0.15) is 30.4 Å². The number of rotatable bonds is 25. The molecule has 5 rings (SSSR count). The molecule has 19 nitrogen and oxygen atoms in total. The van der Waals surface area contributed by atoms with E-state index in [2.05, 4.69) is 5.32 Å². The van der Waals surface area contributed by atoms with Crippen molar-refractivity contribution < 1.29 is 160 Å². The molecule has 2 aromatic carbocycles. The third-order valence-electron chi connectivity index (χ3n) is 12.5. The first-order valence-electron chi connectivity index (χ1n) is 22.6. The molecular weight excluding hydrogens is 1060 g/mol. The summed E-state index contributed by atoms with van der Waals surface area (Å²) in [6.07, 6.45) is 18.4. The molecular formula is C47H57N4Na3O15S4. The summed E-state index contributed by atoms with van der Waals surface area (Å²) in [7, 11) is -19.1. The summed E-state index contributed by atoms with van der Waals surface area (Å²) in [5.74, 6) is -2.27. The molecule has 3 aliphatic heterocycles. The Kier molecular flexibility index (Phi) is 25.6. The van der Waals surface area contributed by atoms with Crippen LogP contribution in [0.4, 0.5) is 11.4 Å². The number of benzene rings is 2. The van der Waals surface area contributed by atoms with Gasteiger partial charge in [-0.2, -0.15) is 4.58 Å². The summed E-state index contributed by atoms with van der Waals surface area (Å²) >= 11 is 0. The van der Waals surface area contributed by atoms with Crippen molar-refractivity contribution >= 4 is 75.3 Å². The van der Waals surface area contributed by atoms with E-state index in [1.54, 1.807) is 73.6 Å². The largest absolute Gasteiger partial charge is 1.00 e. The van der Waals surface area contributed by atoms with Gasteiger partial charge in [0.05, 0.1) is 36.8 Å². The van der Waals surface area contributed by atoms with Crippen LogP contribution in [0.2, 0.25) is 0 Å². The van der Waals surface area contributed by atoms with Crippen LogP contribution in [0.15, 0.2) is 106 Å². The molecule has 1 N–H and O–H groups in total. The van der Waals surface area contributed by atoms with E-state index in [4.69, 9.17) is 0 Å². The van der Waals surface area contributed by atoms with Crippen molar-refractivity contribution in [2.24, 2.45) is 0 Å². The van der Waals surface area contributed by atoms with Crippen LogP contribution in [0, 0.1) is 0 Å². The van der Waals surface area contributed by atoms with E-state index < -0.39 is 72.6 Å². The van der Waals surface area contributed by atoms with E-state index in [1.807, 2.05) is 0 Å². The van der Waals surface area contributed by atoms with E-state index in [0.29, 0.717) is 79.1 Å². The van der Waals surface area contributed by atoms with E-state index in [0.717, 1.165) is 37.0 Å². The Labute approximate surface area is 495 Å². The molecule has 3 heterocycles. The second kappa shape index (κ2) is 28.0. The Hall–Kier alpha value is -2.14. The summed E-state index contributed by atoms with van der Waals surface area (Å²) < 4.78 is 144. The van der Waals surface area contributed by atoms with Crippen LogP contribution in [-0.2, 0) is 65.7 Å². The minimum absolute atomic E-state index is 0. The first-order valence-corrected chi connectivity index (χ1v) is 28.5. The fourth-order valence-electron chi connectivity index (χ4n) is 8.76. The van der Waals surface area contributed by atoms with Gasteiger partial charge < -0.3 is 28.4 Å². The zero-order valence-electron chi connectivity index (χ0n) is 42.3. The molecule has 73 heavy (non-hydrogen) atoms. The number of nitrogens with zero attached hydrogens (tertiary/aromatic N) is 3. The summed E-state index contributed by atoms with van der Waals surface area (Å²) in [6.45, 7) is 7.34. The number of hydrogen-bond donors (Lipinski definition) is 1. The monoisotopic (exact) mass is 1110 g/mol. The fourth-order valence-corrected chi connectivity index (χ4v) is 10.6. The van der Waals surface area contributed by atoms with Crippen molar-refractivity contribution in [2.75, 3.05) is 42.6 Å². The van der Waals surface area contributed by atoms with Crippen LogP contribution < -0.4 is 98.9 Å². The minimum Gasteiger partial charge on any atom is -0.748 e. The molecule has 26 heteroatoms. The van der Waals surface area contributed by atoms with Gasteiger partial charge in [-0.25, -0.2) is 33.7 Å². The SMILES string of the molecule is CC1(C)C(/C=C/C=C(/C=C/C=C2/N(CCS(=O)(=O)[O-])c3ccc(S(=O)(=O)[O-])cc3C2(C)C)CCCCCC(=O)NCCCCCCN2C(=O)C=CC2=O)=[N+](CCS(=O)(=O)[O-])c2ccc(S(=O)(=O)[O-])cc21.[Na+].[Na+].[Na+]. The van der Waals surface area contributed by atoms with Crippen molar-refractivity contribution in [1.82, 2.24) is 10.2 Å². The molecule has 0 aromatic heterocycles. The third-order valence-corrected chi connectivity index (χ3v) is 15.5. The van der Waals surface area contributed by atoms with Gasteiger partial charge in [-0.15, -0.1) is 0 Å². The van der Waals surface area contributed by atoms with Gasteiger partial charge in [0.15, 0.2) is 12.3 Å². The van der Waals surface area contributed by atoms with Gasteiger partial charge in [-0.05, 0) is 93.5 Å². The second-order valence-corrected chi connectivity index (χ2v) is 24.0. The number of unbranched alkanes of at least 4 members (excludes halogenated alkanes) is 5. The predicted molar refractivity (Wildman–Crippen MR) is 256 cm³/mol. The average Bonchev–Trinajstić information content (AvgIpc) is 3.77. The van der Waals surface area contributed by atoms with Gasteiger partial charge in [0, 0.05) is 72.7 Å². The maximum atomic E-state index is 12.6. The molecule has 0 bridgehead atoms. The minimum atomic E-state index is -4.85. The van der Waals surface area contributed by atoms with Crippen LogP contribution in [0.3, 0.4) is 0 Å².